The molecule has 20 heavy (non-hydrogen) atoms. The van der Waals surface area contributed by atoms with Gasteiger partial charge in [-0.1, -0.05) is 6.07 Å². The molecule has 2 amide bonds. The third kappa shape index (κ3) is 4.56. The van der Waals surface area contributed by atoms with Crippen LogP contribution in [-0.2, 0) is 9.59 Å². The van der Waals surface area contributed by atoms with Gasteiger partial charge in [-0.15, -0.1) is 0 Å². The van der Waals surface area contributed by atoms with Crippen molar-refractivity contribution >= 4 is 23.9 Å². The summed E-state index contributed by atoms with van der Waals surface area (Å²) in [6.07, 6.45) is 2.40. The highest BCUT2D eigenvalue weighted by Crippen LogP contribution is 2.13. The smallest absolute Gasteiger partial charge is 0.328 e. The van der Waals surface area contributed by atoms with Crippen molar-refractivity contribution in [2.75, 3.05) is 13.6 Å². The molecule has 0 aliphatic heterocycles. The first kappa shape index (κ1) is 15.4. The molecule has 0 unspecified atom stereocenters. The zero-order valence-electron chi connectivity index (χ0n) is 11.3. The first-order valence-electron chi connectivity index (χ1n) is 5.86. The van der Waals surface area contributed by atoms with Crippen molar-refractivity contribution in [1.82, 2.24) is 4.90 Å². The maximum atomic E-state index is 12.1. The van der Waals surface area contributed by atoms with Gasteiger partial charge in [0.2, 0.25) is 5.91 Å². The minimum Gasteiger partial charge on any atom is -0.478 e. The first-order chi connectivity index (χ1) is 9.29. The van der Waals surface area contributed by atoms with Gasteiger partial charge in [-0.05, 0) is 36.3 Å². The van der Waals surface area contributed by atoms with Gasteiger partial charge < -0.3 is 15.7 Å². The number of benzene rings is 1. The molecule has 3 N–H and O–H groups in total. The molecule has 0 radical (unpaired) electrons. The second-order valence-electron chi connectivity index (χ2n) is 4.43. The number of rotatable bonds is 5. The number of aryl methyl sites for hydroxylation is 1. The third-order valence-corrected chi connectivity index (χ3v) is 2.50. The van der Waals surface area contributed by atoms with Crippen LogP contribution in [0.4, 0.5) is 0 Å². The minimum atomic E-state index is -1.06. The van der Waals surface area contributed by atoms with Gasteiger partial charge >= 0.3 is 5.97 Å². The maximum absolute atomic E-state index is 12.1. The van der Waals surface area contributed by atoms with Crippen molar-refractivity contribution in [3.05, 3.63) is 41.0 Å². The fourth-order valence-corrected chi connectivity index (χ4v) is 1.73. The number of hydrogen-bond donors (Lipinski definition) is 2. The standard InChI is InChI=1S/C14H16N2O4/c1-9-5-10(3-4-13(18)19)7-11(6-9)14(20)16(2)8-12(15)17/h3-7H,8H2,1-2H3,(H2,15,17)(H,18,19)/b4-3+. The number of hydrogen-bond acceptors (Lipinski definition) is 3. The van der Waals surface area contributed by atoms with Crippen molar-refractivity contribution in [2.45, 2.75) is 6.92 Å². The van der Waals surface area contributed by atoms with Crippen molar-refractivity contribution in [2.24, 2.45) is 5.73 Å². The van der Waals surface area contributed by atoms with Gasteiger partial charge in [-0.2, -0.15) is 0 Å². The number of carbonyl (C=O) groups excluding carboxylic acids is 2. The summed E-state index contributed by atoms with van der Waals surface area (Å²) in [5.74, 6) is -2.01. The van der Waals surface area contributed by atoms with E-state index in [1.54, 1.807) is 25.1 Å². The Kier molecular flexibility index (Phi) is 5.02. The van der Waals surface area contributed by atoms with Gasteiger partial charge in [0.05, 0.1) is 6.54 Å². The van der Waals surface area contributed by atoms with Gasteiger partial charge in [0.1, 0.15) is 0 Å². The van der Waals surface area contributed by atoms with E-state index in [4.69, 9.17) is 10.8 Å². The number of likely N-dealkylation sites (N-methyl/N-ethyl adjacent to an activating group) is 1. The summed E-state index contributed by atoms with van der Waals surface area (Å²) >= 11 is 0. The van der Waals surface area contributed by atoms with Crippen LogP contribution in [0.25, 0.3) is 6.08 Å². The fourth-order valence-electron chi connectivity index (χ4n) is 1.73. The van der Waals surface area contributed by atoms with Crippen LogP contribution in [-0.4, -0.2) is 41.4 Å². The minimum absolute atomic E-state index is 0.174. The van der Waals surface area contributed by atoms with Crippen molar-refractivity contribution in [1.29, 1.82) is 0 Å². The Labute approximate surface area is 116 Å². The Morgan fingerprint density at radius 2 is 1.95 bits per heavy atom. The van der Waals surface area contributed by atoms with Crippen LogP contribution in [0.2, 0.25) is 0 Å². The van der Waals surface area contributed by atoms with Crippen LogP contribution >= 0.6 is 0 Å². The lowest BCUT2D eigenvalue weighted by atomic mass is 10.1. The number of carbonyl (C=O) groups is 3. The van der Waals surface area contributed by atoms with Crippen LogP contribution in [0.1, 0.15) is 21.5 Å². The van der Waals surface area contributed by atoms with Crippen LogP contribution < -0.4 is 5.73 Å². The lowest BCUT2D eigenvalue weighted by Crippen LogP contribution is -2.35. The normalized spacial score (nSPS) is 10.5. The Morgan fingerprint density at radius 1 is 1.30 bits per heavy atom. The average Bonchev–Trinajstić information content (AvgIpc) is 2.34. The van der Waals surface area contributed by atoms with E-state index >= 15 is 0 Å². The molecule has 1 rings (SSSR count). The summed E-state index contributed by atoms with van der Waals surface area (Å²) in [4.78, 5) is 34.6. The quantitative estimate of drug-likeness (QED) is 0.771. The number of primary amides is 1. The van der Waals surface area contributed by atoms with Crippen LogP contribution in [0.5, 0.6) is 0 Å². The molecule has 0 fully saturated rings. The van der Waals surface area contributed by atoms with Gasteiger partial charge in [-0.25, -0.2) is 4.79 Å². The first-order valence-corrected chi connectivity index (χ1v) is 5.86. The van der Waals surface area contributed by atoms with Gasteiger partial charge in [0.25, 0.3) is 5.91 Å². The molecule has 0 heterocycles. The van der Waals surface area contributed by atoms with Gasteiger partial charge in [-0.3, -0.25) is 9.59 Å². The van der Waals surface area contributed by atoms with Crippen LogP contribution in [0, 0.1) is 6.92 Å². The molecule has 0 spiro atoms. The number of carboxylic acid groups (broad SMARTS) is 1. The van der Waals surface area contributed by atoms with E-state index in [0.29, 0.717) is 11.1 Å². The van der Waals surface area contributed by atoms with Crippen molar-refractivity contribution in [3.63, 3.8) is 0 Å². The molecule has 0 aliphatic carbocycles. The molecule has 0 bridgehead atoms. The molecule has 6 heteroatoms. The number of amides is 2. The lowest BCUT2D eigenvalue weighted by Gasteiger charge is -2.15. The molecular formula is C14H16N2O4. The predicted octanol–water partition coefficient (Wildman–Crippen LogP) is 0.650. The maximum Gasteiger partial charge on any atom is 0.328 e. The van der Waals surface area contributed by atoms with E-state index in [1.807, 2.05) is 0 Å². The molecule has 0 saturated carbocycles. The molecule has 0 atom stereocenters. The van der Waals surface area contributed by atoms with E-state index in [1.165, 1.54) is 18.0 Å². The molecule has 6 nitrogen and oxygen atoms in total. The summed E-state index contributed by atoms with van der Waals surface area (Å²) < 4.78 is 0. The number of nitrogens with zero attached hydrogens (tertiary/aromatic N) is 1. The summed E-state index contributed by atoms with van der Waals surface area (Å²) in [5, 5.41) is 8.60. The van der Waals surface area contributed by atoms with Crippen LogP contribution in [0.15, 0.2) is 24.3 Å². The molecule has 1 aromatic rings. The second kappa shape index (κ2) is 6.51. The van der Waals surface area contributed by atoms with E-state index < -0.39 is 11.9 Å². The largest absolute Gasteiger partial charge is 0.478 e. The molecule has 0 aromatic heterocycles. The van der Waals surface area contributed by atoms with Crippen molar-refractivity contribution in [3.8, 4) is 0 Å². The van der Waals surface area contributed by atoms with E-state index in [0.717, 1.165) is 11.6 Å². The van der Waals surface area contributed by atoms with E-state index in [2.05, 4.69) is 0 Å². The van der Waals surface area contributed by atoms with E-state index in [-0.39, 0.29) is 12.5 Å². The highest BCUT2D eigenvalue weighted by molar-refractivity contribution is 5.97. The lowest BCUT2D eigenvalue weighted by molar-refractivity contribution is -0.131. The second-order valence-corrected chi connectivity index (χ2v) is 4.43. The number of nitrogens with two attached hydrogens (primary N) is 1. The summed E-state index contributed by atoms with van der Waals surface area (Å²) in [5.41, 5.74) is 6.83. The highest BCUT2D eigenvalue weighted by atomic mass is 16.4. The summed E-state index contributed by atoms with van der Waals surface area (Å²) in [6, 6.07) is 4.98. The summed E-state index contributed by atoms with van der Waals surface area (Å²) in [7, 11) is 1.47. The van der Waals surface area contributed by atoms with Gasteiger partial charge in [0.15, 0.2) is 0 Å². The Balaban J connectivity index is 3.03. The van der Waals surface area contributed by atoms with Crippen molar-refractivity contribution < 1.29 is 19.5 Å². The number of aliphatic carboxylic acids is 1. The molecule has 106 valence electrons. The number of carboxylic acids is 1. The monoisotopic (exact) mass is 276 g/mol. The Bertz CT molecular complexity index is 579. The summed E-state index contributed by atoms with van der Waals surface area (Å²) in [6.45, 7) is 1.62. The fraction of sp³-hybridized carbons (Fsp3) is 0.214. The third-order valence-electron chi connectivity index (χ3n) is 2.50. The molecule has 1 aromatic carbocycles. The average molecular weight is 276 g/mol. The molecular weight excluding hydrogens is 260 g/mol. The molecule has 0 aliphatic rings. The van der Waals surface area contributed by atoms with E-state index in [9.17, 15) is 14.4 Å². The predicted molar refractivity (Wildman–Crippen MR) is 74.0 cm³/mol. The van der Waals surface area contributed by atoms with Crippen LogP contribution in [0.3, 0.4) is 0 Å². The SMILES string of the molecule is Cc1cc(/C=C/C(=O)O)cc(C(=O)N(C)CC(N)=O)c1. The highest BCUT2D eigenvalue weighted by Gasteiger charge is 2.14. The zero-order valence-corrected chi connectivity index (χ0v) is 11.3. The zero-order chi connectivity index (χ0) is 15.3. The Morgan fingerprint density at radius 3 is 2.50 bits per heavy atom. The topological polar surface area (TPSA) is 101 Å². The Hall–Kier alpha value is -2.63. The molecule has 0 saturated heterocycles. The van der Waals surface area contributed by atoms with Gasteiger partial charge in [0, 0.05) is 18.7 Å².